The minimum Gasteiger partial charge on any atom is -0.244 e. The maximum atomic E-state index is 15.1. The van der Waals surface area contributed by atoms with Gasteiger partial charge in [-0.05, 0) is 61.8 Å². The minimum atomic E-state index is -1.04. The molecular weight excluding hydrogens is 287 g/mol. The molecule has 5 atom stereocenters. The molecule has 3 unspecified atom stereocenters. The van der Waals surface area contributed by atoms with Gasteiger partial charge in [-0.3, -0.25) is 0 Å². The lowest BCUT2D eigenvalue weighted by molar-refractivity contribution is -0.168. The van der Waals surface area contributed by atoms with Crippen LogP contribution in [0.15, 0.2) is 30.3 Å². The van der Waals surface area contributed by atoms with E-state index < -0.39 is 11.6 Å². The molecule has 118 valence electrons. The van der Waals surface area contributed by atoms with Crippen molar-refractivity contribution in [2.75, 3.05) is 0 Å². The maximum Gasteiger partial charge on any atom is 0.139 e. The SMILES string of the molecule is N#CC(C#N)C1(Cc2ccccc2)[C@@H]2CC3C[C@H]1CC(F)(C3)C2. The summed E-state index contributed by atoms with van der Waals surface area (Å²) < 4.78 is 15.1. The van der Waals surface area contributed by atoms with E-state index in [1.54, 1.807) is 0 Å². The van der Waals surface area contributed by atoms with Crippen LogP contribution >= 0.6 is 0 Å². The van der Waals surface area contributed by atoms with Crippen LogP contribution in [0.2, 0.25) is 0 Å². The van der Waals surface area contributed by atoms with E-state index in [1.165, 1.54) is 5.56 Å². The molecular formula is C20H21FN2. The molecule has 4 aliphatic rings. The Kier molecular flexibility index (Phi) is 3.24. The third-order valence-corrected chi connectivity index (χ3v) is 6.78. The fourth-order valence-corrected chi connectivity index (χ4v) is 6.12. The van der Waals surface area contributed by atoms with Crippen LogP contribution in [0, 0.1) is 51.7 Å². The number of rotatable bonds is 3. The summed E-state index contributed by atoms with van der Waals surface area (Å²) in [5.41, 5.74) is -0.229. The normalized spacial score (nSPS) is 40.8. The summed E-state index contributed by atoms with van der Waals surface area (Å²) in [6.45, 7) is 0. The molecule has 0 N–H and O–H groups in total. The molecule has 4 saturated carbocycles. The van der Waals surface area contributed by atoms with Crippen LogP contribution in [-0.2, 0) is 6.42 Å². The summed E-state index contributed by atoms with van der Waals surface area (Å²) in [6.07, 6.45) is 4.52. The van der Waals surface area contributed by atoms with Gasteiger partial charge in [-0.2, -0.15) is 10.5 Å². The van der Waals surface area contributed by atoms with Gasteiger partial charge >= 0.3 is 0 Å². The van der Waals surface area contributed by atoms with Gasteiger partial charge in [0.25, 0.3) is 0 Å². The molecule has 3 heteroatoms. The van der Waals surface area contributed by atoms with Crippen LogP contribution < -0.4 is 0 Å². The van der Waals surface area contributed by atoms with E-state index in [9.17, 15) is 10.5 Å². The van der Waals surface area contributed by atoms with E-state index in [2.05, 4.69) is 24.3 Å². The summed E-state index contributed by atoms with van der Waals surface area (Å²) in [4.78, 5) is 0. The average Bonchev–Trinajstić information content (AvgIpc) is 2.52. The largest absolute Gasteiger partial charge is 0.244 e. The Morgan fingerprint density at radius 2 is 1.65 bits per heavy atom. The minimum absolute atomic E-state index is 0.170. The zero-order chi connectivity index (χ0) is 16.1. The monoisotopic (exact) mass is 308 g/mol. The van der Waals surface area contributed by atoms with Gasteiger partial charge in [-0.1, -0.05) is 30.3 Å². The summed E-state index contributed by atoms with van der Waals surface area (Å²) >= 11 is 0. The molecule has 0 amide bonds. The Morgan fingerprint density at radius 3 is 2.17 bits per heavy atom. The quantitative estimate of drug-likeness (QED) is 0.829. The molecule has 23 heavy (non-hydrogen) atoms. The van der Waals surface area contributed by atoms with Crippen LogP contribution in [0.1, 0.15) is 37.7 Å². The zero-order valence-corrected chi connectivity index (χ0v) is 13.2. The first-order valence-electron chi connectivity index (χ1n) is 8.62. The molecule has 0 spiro atoms. The van der Waals surface area contributed by atoms with Crippen molar-refractivity contribution in [1.29, 1.82) is 10.5 Å². The first-order valence-corrected chi connectivity index (χ1v) is 8.62. The van der Waals surface area contributed by atoms with Crippen molar-refractivity contribution in [3.05, 3.63) is 35.9 Å². The third kappa shape index (κ3) is 2.10. The van der Waals surface area contributed by atoms with Crippen LogP contribution in [0.25, 0.3) is 0 Å². The first-order chi connectivity index (χ1) is 11.1. The van der Waals surface area contributed by atoms with Gasteiger partial charge in [0.05, 0.1) is 12.1 Å². The van der Waals surface area contributed by atoms with Gasteiger partial charge in [-0.25, -0.2) is 4.39 Å². The van der Waals surface area contributed by atoms with E-state index in [0.29, 0.717) is 25.2 Å². The Labute approximate surface area is 136 Å². The molecule has 1 aromatic carbocycles. The van der Waals surface area contributed by atoms with E-state index in [0.717, 1.165) is 19.3 Å². The van der Waals surface area contributed by atoms with E-state index in [4.69, 9.17) is 0 Å². The van der Waals surface area contributed by atoms with Gasteiger partial charge in [0, 0.05) is 5.41 Å². The first kappa shape index (κ1) is 14.7. The van der Waals surface area contributed by atoms with E-state index in [-0.39, 0.29) is 17.3 Å². The second-order valence-electron chi connectivity index (χ2n) is 7.96. The fraction of sp³-hybridized carbons (Fsp3) is 0.600. The topological polar surface area (TPSA) is 47.6 Å². The summed E-state index contributed by atoms with van der Waals surface area (Å²) in [5.74, 6) is 0.159. The number of alkyl halides is 1. The van der Waals surface area contributed by atoms with Crippen LogP contribution in [0.4, 0.5) is 4.39 Å². The summed E-state index contributed by atoms with van der Waals surface area (Å²) in [7, 11) is 0. The number of benzene rings is 1. The standard InChI is InChI=1S/C20H21FN2/c21-19-8-15-6-16(10-19)20(17(7-15)11-19,18(12-22)13-23)9-14-4-2-1-3-5-14/h1-5,15-18H,6-11H2/t15?,16-,17+,19?,20?. The third-order valence-electron chi connectivity index (χ3n) is 6.78. The second kappa shape index (κ2) is 5.07. The molecule has 4 fully saturated rings. The molecule has 1 aromatic rings. The average molecular weight is 308 g/mol. The maximum absolute atomic E-state index is 15.1. The number of nitriles is 2. The molecule has 2 nitrogen and oxygen atoms in total. The van der Waals surface area contributed by atoms with Crippen molar-refractivity contribution in [1.82, 2.24) is 0 Å². The second-order valence-corrected chi connectivity index (χ2v) is 7.96. The smallest absolute Gasteiger partial charge is 0.139 e. The number of hydrogen-bond donors (Lipinski definition) is 0. The van der Waals surface area contributed by atoms with Crippen molar-refractivity contribution in [2.24, 2.45) is 29.1 Å². The predicted molar refractivity (Wildman–Crippen MR) is 84.7 cm³/mol. The van der Waals surface area contributed by atoms with Crippen LogP contribution in [-0.4, -0.2) is 5.67 Å². The van der Waals surface area contributed by atoms with E-state index >= 15 is 4.39 Å². The lowest BCUT2D eigenvalue weighted by Gasteiger charge is -2.63. The lowest BCUT2D eigenvalue weighted by Crippen LogP contribution is -2.61. The highest BCUT2D eigenvalue weighted by Crippen LogP contribution is 2.67. The van der Waals surface area contributed by atoms with Gasteiger partial charge < -0.3 is 0 Å². The van der Waals surface area contributed by atoms with Gasteiger partial charge in [0.2, 0.25) is 0 Å². The fourth-order valence-electron chi connectivity index (χ4n) is 6.12. The lowest BCUT2D eigenvalue weighted by atomic mass is 9.41. The van der Waals surface area contributed by atoms with Crippen molar-refractivity contribution >= 4 is 0 Å². The molecule has 4 bridgehead atoms. The number of hydrogen-bond acceptors (Lipinski definition) is 2. The van der Waals surface area contributed by atoms with Crippen molar-refractivity contribution in [3.8, 4) is 12.1 Å². The Balaban J connectivity index is 1.78. The van der Waals surface area contributed by atoms with Crippen LogP contribution in [0.3, 0.4) is 0 Å². The van der Waals surface area contributed by atoms with E-state index in [1.807, 2.05) is 18.2 Å². The highest BCUT2D eigenvalue weighted by molar-refractivity contribution is 5.26. The predicted octanol–water partition coefficient (Wildman–Crippen LogP) is 4.43. The molecule has 0 aromatic heterocycles. The summed E-state index contributed by atoms with van der Waals surface area (Å²) in [6, 6.07) is 14.7. The Hall–Kier alpha value is -1.87. The molecule has 5 rings (SSSR count). The van der Waals surface area contributed by atoms with Gasteiger partial charge in [0.1, 0.15) is 11.6 Å². The number of halogens is 1. The molecule has 0 saturated heterocycles. The zero-order valence-electron chi connectivity index (χ0n) is 13.2. The van der Waals surface area contributed by atoms with Crippen LogP contribution in [0.5, 0.6) is 0 Å². The van der Waals surface area contributed by atoms with Crippen molar-refractivity contribution in [2.45, 2.75) is 44.2 Å². The molecule has 4 aliphatic carbocycles. The molecule has 0 aliphatic heterocycles. The Bertz CT molecular complexity index is 654. The highest BCUT2D eigenvalue weighted by atomic mass is 19.1. The summed E-state index contributed by atoms with van der Waals surface area (Å²) in [5, 5.41) is 19.3. The van der Waals surface area contributed by atoms with Crippen molar-refractivity contribution < 1.29 is 4.39 Å². The van der Waals surface area contributed by atoms with Gasteiger partial charge in [0.15, 0.2) is 0 Å². The van der Waals surface area contributed by atoms with Crippen molar-refractivity contribution in [3.63, 3.8) is 0 Å². The highest BCUT2D eigenvalue weighted by Gasteiger charge is 2.65. The molecule has 0 heterocycles. The Morgan fingerprint density at radius 1 is 1.04 bits per heavy atom. The number of nitrogens with zero attached hydrogens (tertiary/aromatic N) is 2. The molecule has 0 radical (unpaired) electrons. The van der Waals surface area contributed by atoms with Gasteiger partial charge in [-0.15, -0.1) is 0 Å².